The number of aliphatic hydroxyl groups excluding tert-OH is 1. The fourth-order valence-corrected chi connectivity index (χ4v) is 0.255. The molecule has 0 saturated carbocycles. The number of allylic oxidation sites excluding steroid dienone is 2. The zero-order valence-corrected chi connectivity index (χ0v) is 8.45. The Kier molecular flexibility index (Phi) is 11.4. The van der Waals surface area contributed by atoms with E-state index in [2.05, 4.69) is 0 Å². The summed E-state index contributed by atoms with van der Waals surface area (Å²) in [6.45, 7) is 4.52. The van der Waals surface area contributed by atoms with Crippen LogP contribution in [-0.4, -0.2) is 10.9 Å². The number of aliphatic hydroxyl groups is 1. The molecule has 1 radical (unpaired) electrons. The first-order chi connectivity index (χ1) is 3.55. The molecule has 0 saturated heterocycles. The Balaban J connectivity index is -0.000000245. The van der Waals surface area contributed by atoms with E-state index in [1.807, 2.05) is 0 Å². The number of carbonyl (C=O) groups excluding carboxylic acids is 1. The van der Waals surface area contributed by atoms with Crippen molar-refractivity contribution in [3.05, 3.63) is 18.8 Å². The van der Waals surface area contributed by atoms with Crippen molar-refractivity contribution in [3.8, 4) is 0 Å². The monoisotopic (exact) mass is 231 g/mol. The summed E-state index contributed by atoms with van der Waals surface area (Å²) in [7, 11) is 0. The summed E-state index contributed by atoms with van der Waals surface area (Å²) < 4.78 is 0. The van der Waals surface area contributed by atoms with Gasteiger partial charge >= 0.3 is 19.5 Å². The van der Waals surface area contributed by atoms with Crippen LogP contribution in [0.1, 0.15) is 20.8 Å². The molecule has 61 valence electrons. The number of Topliss-reactive ketones (excluding diaryl/α,β-unsaturated/α-hetero) is 1. The maximum absolute atomic E-state index is 10.4. The molecule has 0 aliphatic heterocycles. The van der Waals surface area contributed by atoms with E-state index in [9.17, 15) is 4.79 Å². The van der Waals surface area contributed by atoms with Crippen LogP contribution < -0.4 is 0 Å². The molecular weight excluding hydrogens is 217 g/mol. The third-order valence-corrected chi connectivity index (χ3v) is 1.07. The summed E-state index contributed by atoms with van der Waals surface area (Å²) in [6, 6.07) is 0. The van der Waals surface area contributed by atoms with Gasteiger partial charge in [-0.1, -0.05) is 0 Å². The third kappa shape index (κ3) is 5.96. The molecule has 0 aliphatic rings. The quantitative estimate of drug-likeness (QED) is 0.323. The minimum Gasteiger partial charge on any atom is -0.512 e. The average Bonchev–Trinajstić information content (AvgIpc) is 1.64. The Hall–Kier alpha value is -0.167. The first-order valence-corrected chi connectivity index (χ1v) is 2.43. The number of hydrogen-bond donors (Lipinski definition) is 1. The van der Waals surface area contributed by atoms with Crippen molar-refractivity contribution >= 4 is 5.78 Å². The Labute approximate surface area is 75.1 Å². The predicted octanol–water partition coefficient (Wildman–Crippen LogP) is 1.88. The summed E-state index contributed by atoms with van der Waals surface area (Å²) >= 11 is 0. The fraction of sp³-hybridized carbons (Fsp3) is 0.429. The number of ketones is 1. The molecule has 0 spiro atoms. The van der Waals surface area contributed by atoms with E-state index in [0.717, 1.165) is 0 Å². The van der Waals surface area contributed by atoms with Gasteiger partial charge in [0, 0.05) is 5.57 Å². The molecule has 3 heteroatoms. The Morgan fingerprint density at radius 1 is 1.20 bits per heavy atom. The largest absolute Gasteiger partial charge is 1.00 e. The van der Waals surface area contributed by atoms with Crippen molar-refractivity contribution in [1.29, 1.82) is 0 Å². The van der Waals surface area contributed by atoms with Crippen LogP contribution >= 0.6 is 0 Å². The Morgan fingerprint density at radius 2 is 1.50 bits per heavy atom. The van der Waals surface area contributed by atoms with Gasteiger partial charge in [-0.3, -0.25) is 4.79 Å². The molecule has 0 atom stereocenters. The summed E-state index contributed by atoms with van der Waals surface area (Å²) in [5.74, 6) is 0.0301. The topological polar surface area (TPSA) is 37.3 Å². The van der Waals surface area contributed by atoms with E-state index in [0.29, 0.717) is 5.57 Å². The molecule has 0 rings (SSSR count). The van der Waals surface area contributed by atoms with Crippen molar-refractivity contribution in [1.82, 2.24) is 0 Å². The predicted molar refractivity (Wildman–Crippen MR) is 38.1 cm³/mol. The zero-order chi connectivity index (χ0) is 6.73. The molecule has 10 heavy (non-hydrogen) atoms. The second-order valence-corrected chi connectivity index (χ2v) is 1.77. The minimum absolute atomic E-state index is 0. The second-order valence-electron chi connectivity index (χ2n) is 1.77. The second kappa shape index (κ2) is 6.95. The number of hydrogen-bond acceptors (Lipinski definition) is 2. The van der Waals surface area contributed by atoms with Gasteiger partial charge in [-0.25, -0.2) is 0 Å². The zero-order valence-electron chi connectivity index (χ0n) is 6.71. The molecule has 0 aromatic rings. The molecule has 0 unspecified atom stereocenters. The first-order valence-electron chi connectivity index (χ1n) is 2.43. The molecular formula is C7H13O2Ru. The first kappa shape index (κ1) is 16.4. The van der Waals surface area contributed by atoms with E-state index in [4.69, 9.17) is 5.11 Å². The Bertz CT molecular complexity index is 135. The van der Waals surface area contributed by atoms with Gasteiger partial charge < -0.3 is 12.5 Å². The molecule has 1 N–H and O–H groups in total. The summed E-state index contributed by atoms with van der Waals surface area (Å²) in [6.07, 6.45) is 0. The maximum Gasteiger partial charge on any atom is 1.00 e. The van der Waals surface area contributed by atoms with Crippen molar-refractivity contribution in [2.45, 2.75) is 20.8 Å². The average molecular weight is 230 g/mol. The van der Waals surface area contributed by atoms with Gasteiger partial charge in [0.15, 0.2) is 5.78 Å². The van der Waals surface area contributed by atoms with E-state index >= 15 is 0 Å². The summed E-state index contributed by atoms with van der Waals surface area (Å²) in [5, 5.41) is 8.65. The van der Waals surface area contributed by atoms with Gasteiger partial charge in [-0.2, -0.15) is 0 Å². The molecule has 0 amide bonds. The van der Waals surface area contributed by atoms with Crippen LogP contribution in [0.15, 0.2) is 11.3 Å². The van der Waals surface area contributed by atoms with Crippen molar-refractivity contribution in [2.24, 2.45) is 0 Å². The maximum atomic E-state index is 10.4. The van der Waals surface area contributed by atoms with Gasteiger partial charge in [0.1, 0.15) is 0 Å². The van der Waals surface area contributed by atoms with Crippen molar-refractivity contribution in [2.75, 3.05) is 0 Å². The van der Waals surface area contributed by atoms with Crippen molar-refractivity contribution < 1.29 is 29.4 Å². The third-order valence-electron chi connectivity index (χ3n) is 1.07. The molecule has 0 aliphatic carbocycles. The van der Waals surface area contributed by atoms with Crippen LogP contribution in [0.25, 0.3) is 0 Å². The smallest absolute Gasteiger partial charge is 0.512 e. The van der Waals surface area contributed by atoms with Gasteiger partial charge in [-0.15, -0.1) is 0 Å². The van der Waals surface area contributed by atoms with Gasteiger partial charge in [0.25, 0.3) is 0 Å². The van der Waals surface area contributed by atoms with Crippen LogP contribution in [0.3, 0.4) is 0 Å². The van der Waals surface area contributed by atoms with E-state index < -0.39 is 0 Å². The summed E-state index contributed by atoms with van der Waals surface area (Å²) in [4.78, 5) is 10.4. The van der Waals surface area contributed by atoms with Gasteiger partial charge in [-0.05, 0) is 20.8 Å². The number of carbonyl (C=O) groups is 1. The Morgan fingerprint density at radius 3 is 1.50 bits per heavy atom. The van der Waals surface area contributed by atoms with E-state index in [1.54, 1.807) is 6.92 Å². The van der Waals surface area contributed by atoms with Crippen LogP contribution in [0.2, 0.25) is 0 Å². The van der Waals surface area contributed by atoms with Crippen LogP contribution in [-0.2, 0) is 24.3 Å². The molecule has 0 bridgehead atoms. The van der Waals surface area contributed by atoms with Crippen LogP contribution in [0, 0.1) is 7.43 Å². The fourth-order valence-electron chi connectivity index (χ4n) is 0.255. The van der Waals surface area contributed by atoms with Crippen molar-refractivity contribution in [3.63, 3.8) is 0 Å². The number of rotatable bonds is 1. The summed E-state index contributed by atoms with van der Waals surface area (Å²) in [5.41, 5.74) is 0.435. The van der Waals surface area contributed by atoms with Crippen LogP contribution in [0.4, 0.5) is 0 Å². The minimum atomic E-state index is -0.0787. The van der Waals surface area contributed by atoms with Crippen LogP contribution in [0.5, 0.6) is 0 Å². The molecule has 0 heterocycles. The molecule has 2 nitrogen and oxygen atoms in total. The molecule has 0 fully saturated rings. The van der Waals surface area contributed by atoms with E-state index in [-0.39, 0.29) is 38.4 Å². The molecule has 0 aromatic heterocycles. The molecule has 0 aromatic carbocycles. The van der Waals surface area contributed by atoms with Gasteiger partial charge in [0.05, 0.1) is 5.76 Å². The van der Waals surface area contributed by atoms with Gasteiger partial charge in [0.2, 0.25) is 0 Å². The standard InChI is InChI=1S/C6H10O2.CH3.Ru/c1-4(5(2)7)6(3)8;;/h7H,1-3H3;1H3;/q;-1;+1. The normalized spacial score (nSPS) is 10.3. The van der Waals surface area contributed by atoms with E-state index in [1.165, 1.54) is 13.8 Å². The SMILES string of the molecule is CC(=O)C(C)=C(C)O.[CH3-].[Ru+].